The molecule has 0 heterocycles. The number of alkyl halides is 2. The summed E-state index contributed by atoms with van der Waals surface area (Å²) in [6.07, 6.45) is 5.32. The first-order valence-electron chi connectivity index (χ1n) is 5.96. The molecule has 0 aliphatic carbocycles. The van der Waals surface area contributed by atoms with Crippen molar-refractivity contribution in [3.8, 4) is 0 Å². The van der Waals surface area contributed by atoms with Gasteiger partial charge in [-0.25, -0.2) is 0 Å². The number of unbranched alkanes of at least 4 members (excludes halogenated alkanes) is 2. The van der Waals surface area contributed by atoms with Crippen LogP contribution in [0, 0.1) is 0 Å². The Hall–Kier alpha value is 0.865. The topological polar surface area (TPSA) is 70.5 Å². The second-order valence-electron chi connectivity index (χ2n) is 3.81. The summed E-state index contributed by atoms with van der Waals surface area (Å²) >= 11 is 6.73. The molecule has 101 valence electrons. The van der Waals surface area contributed by atoms with Crippen molar-refractivity contribution in [1.82, 2.24) is 0 Å². The molecule has 1 radical (unpaired) electrons. The van der Waals surface area contributed by atoms with E-state index in [4.69, 9.17) is 20.8 Å². The summed E-state index contributed by atoms with van der Waals surface area (Å²) in [6.45, 7) is 0. The Morgan fingerprint density at radius 2 is 1.24 bits per heavy atom. The molecular weight excluding hydrogens is 351 g/mol. The monoisotopic (exact) mass is 371 g/mol. The van der Waals surface area contributed by atoms with Gasteiger partial charge in [0.2, 0.25) is 0 Å². The van der Waals surface area contributed by atoms with Crippen LogP contribution in [0.4, 0.5) is 0 Å². The van der Waals surface area contributed by atoms with Gasteiger partial charge in [-0.3, -0.25) is 0 Å². The van der Waals surface area contributed by atoms with Crippen LogP contribution in [0.5, 0.6) is 0 Å². The summed E-state index contributed by atoms with van der Waals surface area (Å²) in [6, 6.07) is 0. The van der Waals surface area contributed by atoms with Crippen LogP contribution in [0.1, 0.15) is 38.5 Å². The third-order valence-electron chi connectivity index (χ3n) is 2.21. The van der Waals surface area contributed by atoms with Crippen LogP contribution in [0.2, 0.25) is 0 Å². The van der Waals surface area contributed by atoms with E-state index in [2.05, 4.69) is 31.9 Å². The Labute approximate surface area is 122 Å². The van der Waals surface area contributed by atoms with E-state index in [1.165, 1.54) is 7.69 Å². The van der Waals surface area contributed by atoms with Crippen LogP contribution in [0.15, 0.2) is 0 Å². The lowest BCUT2D eigenvalue weighted by Gasteiger charge is -2.15. The average Bonchev–Trinajstić information content (AvgIpc) is 2.30. The van der Waals surface area contributed by atoms with E-state index in [1.54, 1.807) is 0 Å². The molecular formula is C10H22BBr2N2O2. The van der Waals surface area contributed by atoms with Gasteiger partial charge in [-0.2, -0.15) is 0 Å². The van der Waals surface area contributed by atoms with Gasteiger partial charge in [-0.05, 0) is 38.5 Å². The number of nitrogens with two attached hydrogens (primary N) is 2. The van der Waals surface area contributed by atoms with Gasteiger partial charge in [0.25, 0.3) is 0 Å². The maximum Gasteiger partial charge on any atom is 0.490 e. The van der Waals surface area contributed by atoms with Crippen LogP contribution in [0.25, 0.3) is 0 Å². The molecule has 0 saturated heterocycles. The number of halogens is 2. The quantitative estimate of drug-likeness (QED) is 0.238. The molecule has 0 aromatic heterocycles. The zero-order valence-corrected chi connectivity index (χ0v) is 13.3. The predicted molar refractivity (Wildman–Crippen MR) is 79.2 cm³/mol. The van der Waals surface area contributed by atoms with E-state index in [-0.39, 0.29) is 12.5 Å². The van der Waals surface area contributed by atoms with Gasteiger partial charge in [0.15, 0.2) is 0 Å². The highest BCUT2D eigenvalue weighted by atomic mass is 79.9. The highest BCUT2D eigenvalue weighted by Crippen LogP contribution is 2.04. The molecule has 4 N–H and O–H groups in total. The summed E-state index contributed by atoms with van der Waals surface area (Å²) in [5, 5.41) is 2.00. The SMILES string of the molecule is NC(CCCCBr)O[B]OC(N)CCCCBr. The van der Waals surface area contributed by atoms with Gasteiger partial charge in [0.1, 0.15) is 0 Å². The summed E-state index contributed by atoms with van der Waals surface area (Å²) in [4.78, 5) is 0. The lowest BCUT2D eigenvalue weighted by atomic mass is 10.2. The van der Waals surface area contributed by atoms with Crippen molar-refractivity contribution in [1.29, 1.82) is 0 Å². The number of rotatable bonds is 12. The summed E-state index contributed by atoms with van der Waals surface area (Å²) < 4.78 is 10.4. The van der Waals surface area contributed by atoms with Crippen molar-refractivity contribution in [2.24, 2.45) is 11.5 Å². The predicted octanol–water partition coefficient (Wildman–Crippen LogP) is 2.25. The third kappa shape index (κ3) is 13.1. The van der Waals surface area contributed by atoms with E-state index >= 15 is 0 Å². The van der Waals surface area contributed by atoms with Gasteiger partial charge in [-0.15, -0.1) is 0 Å². The average molecular weight is 373 g/mol. The third-order valence-corrected chi connectivity index (χ3v) is 3.33. The van der Waals surface area contributed by atoms with Crippen LogP contribution < -0.4 is 11.5 Å². The molecule has 0 rings (SSSR count). The molecule has 0 fully saturated rings. The highest BCUT2D eigenvalue weighted by Gasteiger charge is 2.08. The first kappa shape index (κ1) is 17.9. The number of hydrogen-bond acceptors (Lipinski definition) is 4. The molecule has 0 bridgehead atoms. The lowest BCUT2D eigenvalue weighted by molar-refractivity contribution is 0.113. The molecule has 0 aromatic carbocycles. The first-order chi connectivity index (χ1) is 8.20. The van der Waals surface area contributed by atoms with Crippen LogP contribution in [0.3, 0.4) is 0 Å². The Morgan fingerprint density at radius 1 is 0.824 bits per heavy atom. The first-order valence-corrected chi connectivity index (χ1v) is 8.20. The molecule has 2 atom stereocenters. The van der Waals surface area contributed by atoms with Crippen molar-refractivity contribution in [2.45, 2.75) is 51.0 Å². The molecule has 0 aromatic rings. The fourth-order valence-corrected chi connectivity index (χ4v) is 1.98. The van der Waals surface area contributed by atoms with Crippen molar-refractivity contribution in [3.05, 3.63) is 0 Å². The molecule has 0 saturated carbocycles. The second kappa shape index (κ2) is 13.3. The zero-order valence-electron chi connectivity index (χ0n) is 10.1. The van der Waals surface area contributed by atoms with Gasteiger partial charge < -0.3 is 20.8 Å². The second-order valence-corrected chi connectivity index (χ2v) is 5.40. The molecule has 0 amide bonds. The molecule has 7 heteroatoms. The fraction of sp³-hybridized carbons (Fsp3) is 1.00. The molecule has 0 spiro atoms. The molecule has 17 heavy (non-hydrogen) atoms. The maximum atomic E-state index is 5.73. The minimum atomic E-state index is -0.302. The Kier molecular flexibility index (Phi) is 14.0. The zero-order chi connectivity index (χ0) is 12.9. The van der Waals surface area contributed by atoms with Crippen molar-refractivity contribution in [3.63, 3.8) is 0 Å². The lowest BCUT2D eigenvalue weighted by Crippen LogP contribution is -2.31. The van der Waals surface area contributed by atoms with Crippen LogP contribution in [-0.4, -0.2) is 30.8 Å². The van der Waals surface area contributed by atoms with E-state index in [9.17, 15) is 0 Å². The van der Waals surface area contributed by atoms with Gasteiger partial charge in [-0.1, -0.05) is 31.9 Å². The van der Waals surface area contributed by atoms with Crippen LogP contribution >= 0.6 is 31.9 Å². The molecule has 4 nitrogen and oxygen atoms in total. The van der Waals surface area contributed by atoms with E-state index < -0.39 is 0 Å². The van der Waals surface area contributed by atoms with Gasteiger partial charge >= 0.3 is 7.69 Å². The fourth-order valence-electron chi connectivity index (χ4n) is 1.19. The largest absolute Gasteiger partial charge is 0.490 e. The summed E-state index contributed by atoms with van der Waals surface area (Å²) in [5.74, 6) is 0. The van der Waals surface area contributed by atoms with Crippen molar-refractivity contribution >= 4 is 39.5 Å². The van der Waals surface area contributed by atoms with Crippen molar-refractivity contribution < 1.29 is 9.31 Å². The normalized spacial score (nSPS) is 14.6. The summed E-state index contributed by atoms with van der Waals surface area (Å²) in [7, 11) is 1.28. The maximum absolute atomic E-state index is 5.73. The highest BCUT2D eigenvalue weighted by molar-refractivity contribution is 9.09. The smallest absolute Gasteiger partial charge is 0.398 e. The Morgan fingerprint density at radius 3 is 1.59 bits per heavy atom. The Bertz CT molecular complexity index is 153. The van der Waals surface area contributed by atoms with E-state index in [0.717, 1.165) is 49.2 Å². The molecule has 0 aliphatic rings. The minimum Gasteiger partial charge on any atom is -0.398 e. The van der Waals surface area contributed by atoms with E-state index in [1.807, 2.05) is 0 Å². The van der Waals surface area contributed by atoms with Crippen LogP contribution in [-0.2, 0) is 9.31 Å². The number of hydrogen-bond donors (Lipinski definition) is 2. The standard InChI is InChI=1S/C10H22BBr2N2O2/c12-7-3-1-5-9(14)16-11-17-10(15)6-2-4-8-13/h9-10H,1-8,14-15H2. The summed E-state index contributed by atoms with van der Waals surface area (Å²) in [5.41, 5.74) is 11.5. The van der Waals surface area contributed by atoms with E-state index in [0.29, 0.717) is 0 Å². The molecule has 0 aliphatic heterocycles. The Balaban J connectivity index is 3.29. The van der Waals surface area contributed by atoms with Gasteiger partial charge in [0, 0.05) is 10.7 Å². The van der Waals surface area contributed by atoms with Gasteiger partial charge in [0.05, 0.1) is 12.5 Å². The molecule has 2 unspecified atom stereocenters. The minimum absolute atomic E-state index is 0.302. The van der Waals surface area contributed by atoms with Crippen molar-refractivity contribution in [2.75, 3.05) is 10.7 Å².